The lowest BCUT2D eigenvalue weighted by Crippen LogP contribution is -2.30. The van der Waals surface area contributed by atoms with Gasteiger partial charge in [0, 0.05) is 18.9 Å². The first-order valence-corrected chi connectivity index (χ1v) is 6.82. The second-order valence-electron chi connectivity index (χ2n) is 3.48. The second kappa shape index (κ2) is 6.15. The zero-order valence-corrected chi connectivity index (χ0v) is 10.1. The zero-order chi connectivity index (χ0) is 12.7. The number of carbonyl (C=O) groups excluding carboxylic acids is 1. The Labute approximate surface area is 100 Å². The van der Waals surface area contributed by atoms with Gasteiger partial charge in [0.05, 0.1) is 5.75 Å². The van der Waals surface area contributed by atoms with Gasteiger partial charge in [0.1, 0.15) is 5.75 Å². The van der Waals surface area contributed by atoms with Gasteiger partial charge in [0.15, 0.2) is 9.84 Å². The molecular weight excluding hydrogens is 240 g/mol. The van der Waals surface area contributed by atoms with Gasteiger partial charge in [-0.2, -0.15) is 0 Å². The molecule has 17 heavy (non-hydrogen) atoms. The molecule has 1 aromatic heterocycles. The molecule has 0 bridgehead atoms. The number of rotatable bonds is 6. The SMILES string of the molecule is C=CCS(=O)(=O)CC(=O)NCc1cccnc1. The summed E-state index contributed by atoms with van der Waals surface area (Å²) >= 11 is 0. The van der Waals surface area contributed by atoms with Crippen molar-refractivity contribution in [3.05, 3.63) is 42.7 Å². The number of hydrogen-bond acceptors (Lipinski definition) is 4. The Morgan fingerprint density at radius 3 is 2.88 bits per heavy atom. The summed E-state index contributed by atoms with van der Waals surface area (Å²) in [7, 11) is -3.38. The van der Waals surface area contributed by atoms with Crippen LogP contribution in [-0.2, 0) is 21.2 Å². The normalized spacial score (nSPS) is 10.8. The molecule has 1 rings (SSSR count). The largest absolute Gasteiger partial charge is 0.351 e. The topological polar surface area (TPSA) is 76.1 Å². The van der Waals surface area contributed by atoms with Crippen LogP contribution in [0.2, 0.25) is 0 Å². The summed E-state index contributed by atoms with van der Waals surface area (Å²) in [5, 5.41) is 2.52. The summed E-state index contributed by atoms with van der Waals surface area (Å²) in [6.45, 7) is 3.60. The number of nitrogens with zero attached hydrogens (tertiary/aromatic N) is 1. The standard InChI is InChI=1S/C11H14N2O3S/c1-2-6-17(15,16)9-11(14)13-8-10-4-3-5-12-7-10/h2-5,7H,1,6,8-9H2,(H,13,14). The monoisotopic (exact) mass is 254 g/mol. The molecule has 1 amide bonds. The van der Waals surface area contributed by atoms with Crippen LogP contribution in [0.5, 0.6) is 0 Å². The van der Waals surface area contributed by atoms with Gasteiger partial charge >= 0.3 is 0 Å². The van der Waals surface area contributed by atoms with Crippen molar-refractivity contribution >= 4 is 15.7 Å². The van der Waals surface area contributed by atoms with Crippen molar-refractivity contribution in [3.63, 3.8) is 0 Å². The lowest BCUT2D eigenvalue weighted by Gasteiger charge is -2.04. The van der Waals surface area contributed by atoms with E-state index in [4.69, 9.17) is 0 Å². The molecule has 0 spiro atoms. The molecule has 0 aliphatic heterocycles. The molecule has 0 radical (unpaired) electrons. The predicted octanol–water partition coefficient (Wildman–Crippen LogP) is 0.299. The Morgan fingerprint density at radius 1 is 1.53 bits per heavy atom. The quantitative estimate of drug-likeness (QED) is 0.741. The summed E-state index contributed by atoms with van der Waals surface area (Å²) in [6.07, 6.45) is 4.50. The van der Waals surface area contributed by atoms with E-state index in [0.29, 0.717) is 0 Å². The molecule has 0 aliphatic carbocycles. The molecule has 0 atom stereocenters. The van der Waals surface area contributed by atoms with Crippen LogP contribution in [-0.4, -0.2) is 30.8 Å². The van der Waals surface area contributed by atoms with Crippen LogP contribution in [0.25, 0.3) is 0 Å². The van der Waals surface area contributed by atoms with Gasteiger partial charge in [-0.15, -0.1) is 6.58 Å². The van der Waals surface area contributed by atoms with E-state index in [9.17, 15) is 13.2 Å². The summed E-state index contributed by atoms with van der Waals surface area (Å²) in [5.41, 5.74) is 0.821. The highest BCUT2D eigenvalue weighted by Gasteiger charge is 2.14. The third kappa shape index (κ3) is 5.26. The number of pyridine rings is 1. The van der Waals surface area contributed by atoms with Gasteiger partial charge in [0.2, 0.25) is 5.91 Å². The highest BCUT2D eigenvalue weighted by Crippen LogP contribution is 1.95. The Morgan fingerprint density at radius 2 is 2.29 bits per heavy atom. The summed E-state index contributed by atoms with van der Waals surface area (Å²) in [6, 6.07) is 3.54. The van der Waals surface area contributed by atoms with Crippen LogP contribution >= 0.6 is 0 Å². The maximum Gasteiger partial charge on any atom is 0.235 e. The Kier molecular flexibility index (Phi) is 4.84. The molecule has 1 heterocycles. The van der Waals surface area contributed by atoms with E-state index in [0.717, 1.165) is 5.56 Å². The van der Waals surface area contributed by atoms with E-state index in [2.05, 4.69) is 16.9 Å². The van der Waals surface area contributed by atoms with Crippen molar-refractivity contribution < 1.29 is 13.2 Å². The number of hydrogen-bond donors (Lipinski definition) is 1. The highest BCUT2D eigenvalue weighted by atomic mass is 32.2. The van der Waals surface area contributed by atoms with Gasteiger partial charge in [-0.1, -0.05) is 12.1 Å². The van der Waals surface area contributed by atoms with Crippen molar-refractivity contribution in [2.75, 3.05) is 11.5 Å². The van der Waals surface area contributed by atoms with Crippen LogP contribution in [0, 0.1) is 0 Å². The first-order valence-electron chi connectivity index (χ1n) is 5.00. The fraction of sp³-hybridized carbons (Fsp3) is 0.273. The smallest absolute Gasteiger partial charge is 0.235 e. The molecule has 0 saturated carbocycles. The number of aromatic nitrogens is 1. The minimum atomic E-state index is -3.38. The van der Waals surface area contributed by atoms with Gasteiger partial charge in [-0.05, 0) is 11.6 Å². The van der Waals surface area contributed by atoms with E-state index in [1.807, 2.05) is 0 Å². The highest BCUT2D eigenvalue weighted by molar-refractivity contribution is 7.92. The van der Waals surface area contributed by atoms with Crippen LogP contribution < -0.4 is 5.32 Å². The summed E-state index contributed by atoms with van der Waals surface area (Å²) in [4.78, 5) is 15.2. The van der Waals surface area contributed by atoms with E-state index in [-0.39, 0.29) is 12.3 Å². The molecule has 1 N–H and O–H groups in total. The molecule has 0 aromatic carbocycles. The molecule has 0 aliphatic rings. The molecule has 0 fully saturated rings. The molecule has 92 valence electrons. The molecular formula is C11H14N2O3S. The zero-order valence-electron chi connectivity index (χ0n) is 9.30. The first-order chi connectivity index (χ1) is 8.03. The number of sulfone groups is 1. The second-order valence-corrected chi connectivity index (χ2v) is 5.59. The van der Waals surface area contributed by atoms with Crippen molar-refractivity contribution in [1.29, 1.82) is 0 Å². The van der Waals surface area contributed by atoms with Crippen LogP contribution in [0.1, 0.15) is 5.56 Å². The molecule has 0 unspecified atom stereocenters. The number of amides is 1. The molecule has 5 nitrogen and oxygen atoms in total. The first kappa shape index (κ1) is 13.4. The minimum Gasteiger partial charge on any atom is -0.351 e. The van der Waals surface area contributed by atoms with Crippen molar-refractivity contribution in [3.8, 4) is 0 Å². The predicted molar refractivity (Wildman–Crippen MR) is 64.9 cm³/mol. The third-order valence-corrected chi connectivity index (χ3v) is 3.38. The van der Waals surface area contributed by atoms with Crippen LogP contribution in [0.3, 0.4) is 0 Å². The van der Waals surface area contributed by atoms with Crippen molar-refractivity contribution in [2.24, 2.45) is 0 Å². The fourth-order valence-electron chi connectivity index (χ4n) is 1.19. The van der Waals surface area contributed by atoms with E-state index >= 15 is 0 Å². The average molecular weight is 254 g/mol. The van der Waals surface area contributed by atoms with Crippen molar-refractivity contribution in [2.45, 2.75) is 6.54 Å². The third-order valence-electron chi connectivity index (χ3n) is 1.94. The lowest BCUT2D eigenvalue weighted by molar-refractivity contribution is -0.118. The summed E-state index contributed by atoms with van der Waals surface area (Å²) in [5.74, 6) is -1.22. The van der Waals surface area contributed by atoms with Crippen LogP contribution in [0.15, 0.2) is 37.2 Å². The van der Waals surface area contributed by atoms with E-state index in [1.54, 1.807) is 24.5 Å². The van der Waals surface area contributed by atoms with Gasteiger partial charge in [-0.25, -0.2) is 8.42 Å². The van der Waals surface area contributed by atoms with Crippen molar-refractivity contribution in [1.82, 2.24) is 10.3 Å². The number of carbonyl (C=O) groups is 1. The van der Waals surface area contributed by atoms with Gasteiger partial charge < -0.3 is 5.32 Å². The fourth-order valence-corrected chi connectivity index (χ4v) is 2.17. The average Bonchev–Trinajstić information content (AvgIpc) is 2.27. The maximum atomic E-state index is 11.4. The Balaban J connectivity index is 2.44. The van der Waals surface area contributed by atoms with Crippen LogP contribution in [0.4, 0.5) is 0 Å². The van der Waals surface area contributed by atoms with Gasteiger partial charge in [0.25, 0.3) is 0 Å². The van der Waals surface area contributed by atoms with E-state index in [1.165, 1.54) is 6.08 Å². The summed E-state index contributed by atoms with van der Waals surface area (Å²) < 4.78 is 22.6. The minimum absolute atomic E-state index is 0.187. The molecule has 1 aromatic rings. The Hall–Kier alpha value is -1.69. The maximum absolute atomic E-state index is 11.4. The lowest BCUT2D eigenvalue weighted by atomic mass is 10.3. The number of nitrogens with one attached hydrogen (secondary N) is 1. The molecule has 0 saturated heterocycles. The van der Waals surface area contributed by atoms with E-state index < -0.39 is 21.5 Å². The Bertz CT molecular complexity index is 483. The molecule has 6 heteroatoms. The van der Waals surface area contributed by atoms with Gasteiger partial charge in [-0.3, -0.25) is 9.78 Å².